The van der Waals surface area contributed by atoms with Crippen LogP contribution in [0.25, 0.3) is 5.70 Å². The second-order valence-corrected chi connectivity index (χ2v) is 9.51. The van der Waals surface area contributed by atoms with Crippen molar-refractivity contribution in [1.82, 2.24) is 10.2 Å². The molecule has 0 aliphatic carbocycles. The first-order valence-corrected chi connectivity index (χ1v) is 12.4. The zero-order valence-corrected chi connectivity index (χ0v) is 21.2. The normalized spacial score (nSPS) is 16.7. The molecule has 0 saturated carbocycles. The Morgan fingerprint density at radius 3 is 2.10 bits per heavy atom. The van der Waals surface area contributed by atoms with Gasteiger partial charge in [-0.05, 0) is 53.8 Å². The molecule has 1 unspecified atom stereocenters. The maximum Gasteiger partial charge on any atom is 0.416 e. The number of hydrogen-bond acceptors (Lipinski definition) is 3. The van der Waals surface area contributed by atoms with Gasteiger partial charge in [0.15, 0.2) is 0 Å². The quantitative estimate of drug-likeness (QED) is 0.245. The van der Waals surface area contributed by atoms with E-state index in [9.17, 15) is 31.1 Å². The number of hydrogen-bond donors (Lipinski definition) is 2. The minimum atomic E-state index is -4.98. The first-order chi connectivity index (χ1) is 18.4. The fourth-order valence-electron chi connectivity index (χ4n) is 4.61. The topological polar surface area (TPSA) is 58.4 Å². The lowest BCUT2D eigenvalue weighted by Crippen LogP contribution is -2.36. The third-order valence-electron chi connectivity index (χ3n) is 6.46. The molecule has 3 aromatic rings. The summed E-state index contributed by atoms with van der Waals surface area (Å²) in [6.07, 6.45) is -8.60. The molecule has 1 atom stereocenters. The summed E-state index contributed by atoms with van der Waals surface area (Å²) < 4.78 is 80.0. The number of nitrogens with two attached hydrogens (primary N) is 1. The maximum atomic E-state index is 13.6. The minimum Gasteiger partial charge on any atom is -0.393 e. The third kappa shape index (κ3) is 6.50. The summed E-state index contributed by atoms with van der Waals surface area (Å²) in [5.41, 5.74) is 4.29. The second-order valence-electron chi connectivity index (χ2n) is 9.10. The lowest BCUT2D eigenvalue weighted by molar-refractivity contribution is -0.143. The largest absolute Gasteiger partial charge is 0.416 e. The molecule has 1 heterocycles. The molecule has 0 spiro atoms. The van der Waals surface area contributed by atoms with Gasteiger partial charge >= 0.3 is 12.4 Å². The van der Waals surface area contributed by atoms with Gasteiger partial charge < -0.3 is 16.0 Å². The van der Waals surface area contributed by atoms with Crippen molar-refractivity contribution in [1.29, 1.82) is 0 Å². The smallest absolute Gasteiger partial charge is 0.393 e. The van der Waals surface area contributed by atoms with Crippen molar-refractivity contribution in [3.8, 4) is 0 Å². The predicted molar refractivity (Wildman–Crippen MR) is 136 cm³/mol. The van der Waals surface area contributed by atoms with E-state index in [-0.39, 0.29) is 29.1 Å². The molecule has 1 aliphatic heterocycles. The van der Waals surface area contributed by atoms with Gasteiger partial charge in [0, 0.05) is 18.1 Å². The van der Waals surface area contributed by atoms with E-state index in [4.69, 9.17) is 17.3 Å². The Labute approximate surface area is 226 Å². The van der Waals surface area contributed by atoms with Crippen molar-refractivity contribution in [2.45, 2.75) is 37.8 Å². The molecule has 1 amide bonds. The molecule has 11 heteroatoms. The molecule has 4 nitrogen and oxygen atoms in total. The van der Waals surface area contributed by atoms with Gasteiger partial charge in [-0.3, -0.25) is 4.79 Å². The van der Waals surface area contributed by atoms with Crippen LogP contribution in [0.15, 0.2) is 78.5 Å². The molecule has 0 bridgehead atoms. The van der Waals surface area contributed by atoms with Crippen LogP contribution in [0.1, 0.15) is 46.7 Å². The van der Waals surface area contributed by atoms with Crippen LogP contribution in [-0.2, 0) is 23.7 Å². The minimum absolute atomic E-state index is 0.0670. The van der Waals surface area contributed by atoms with E-state index in [0.29, 0.717) is 42.1 Å². The van der Waals surface area contributed by atoms with Crippen LogP contribution in [-0.4, -0.2) is 17.4 Å². The zero-order valence-electron chi connectivity index (χ0n) is 20.4. The average molecular weight is 568 g/mol. The summed E-state index contributed by atoms with van der Waals surface area (Å²) in [5.74, 6) is -0.524. The van der Waals surface area contributed by atoms with Crippen LogP contribution in [0.2, 0.25) is 5.02 Å². The molecule has 4 rings (SSSR count). The van der Waals surface area contributed by atoms with E-state index in [1.54, 1.807) is 47.4 Å². The molecule has 1 saturated heterocycles. The van der Waals surface area contributed by atoms with Gasteiger partial charge in [0.05, 0.1) is 22.9 Å². The first-order valence-electron chi connectivity index (χ1n) is 12.0. The number of nitrogens with one attached hydrogen (secondary N) is 1. The standard InChI is InChI=1S/C28H24ClF6N3O/c29-22-10-5-4-9-21(22)23-11-6-12-38(23)26(39)24(36)25(18-7-2-1-3-8-18)37-16-17-13-19(27(30,31)32)15-20(14-17)28(33,34)35/h1-5,7-10,13-15,23,37H,6,11-12,16,36H2/b25-24-. The number of carbonyl (C=O) groups excluding carboxylic acids is 1. The van der Waals surface area contributed by atoms with Gasteiger partial charge in [-0.15, -0.1) is 0 Å². The molecule has 0 radical (unpaired) electrons. The number of likely N-dealkylation sites (tertiary alicyclic amines) is 1. The van der Waals surface area contributed by atoms with E-state index in [0.717, 1.165) is 5.56 Å². The van der Waals surface area contributed by atoms with E-state index in [2.05, 4.69) is 5.32 Å². The highest BCUT2D eigenvalue weighted by molar-refractivity contribution is 6.31. The summed E-state index contributed by atoms with van der Waals surface area (Å²) >= 11 is 6.37. The number of nitrogens with zero attached hydrogens (tertiary/aromatic N) is 1. The molecule has 3 aromatic carbocycles. The number of benzene rings is 3. The fourth-order valence-corrected chi connectivity index (χ4v) is 4.87. The van der Waals surface area contributed by atoms with Crippen LogP contribution in [0.4, 0.5) is 26.3 Å². The highest BCUT2D eigenvalue weighted by Crippen LogP contribution is 2.38. The summed E-state index contributed by atoms with van der Waals surface area (Å²) in [5, 5.41) is 3.32. The fraction of sp³-hybridized carbons (Fsp3) is 0.250. The van der Waals surface area contributed by atoms with Crippen molar-refractivity contribution in [3.63, 3.8) is 0 Å². The Bertz CT molecular complexity index is 1340. The van der Waals surface area contributed by atoms with Crippen LogP contribution in [0.3, 0.4) is 0 Å². The van der Waals surface area contributed by atoms with E-state index >= 15 is 0 Å². The van der Waals surface area contributed by atoms with E-state index < -0.39 is 35.9 Å². The molecule has 3 N–H and O–H groups in total. The van der Waals surface area contributed by atoms with Crippen LogP contribution in [0, 0.1) is 0 Å². The van der Waals surface area contributed by atoms with Crippen LogP contribution >= 0.6 is 11.6 Å². The molecule has 1 aliphatic rings. The summed E-state index contributed by atoms with van der Waals surface area (Å²) in [6.45, 7) is -0.0424. The predicted octanol–water partition coefficient (Wildman–Crippen LogP) is 7.16. The lowest BCUT2D eigenvalue weighted by Gasteiger charge is -2.27. The van der Waals surface area contributed by atoms with Crippen LogP contribution in [0.5, 0.6) is 0 Å². The van der Waals surface area contributed by atoms with E-state index in [1.807, 2.05) is 12.1 Å². The molecular weight excluding hydrogens is 544 g/mol. The Morgan fingerprint density at radius 1 is 0.923 bits per heavy atom. The van der Waals surface area contributed by atoms with Gasteiger partial charge in [-0.2, -0.15) is 26.3 Å². The van der Waals surface area contributed by atoms with Crippen molar-refractivity contribution in [2.24, 2.45) is 5.73 Å². The Kier molecular flexibility index (Phi) is 8.15. The molecule has 206 valence electrons. The van der Waals surface area contributed by atoms with Crippen molar-refractivity contribution in [2.75, 3.05) is 6.54 Å². The Balaban J connectivity index is 1.69. The van der Waals surface area contributed by atoms with Gasteiger partial charge in [0.25, 0.3) is 5.91 Å². The van der Waals surface area contributed by atoms with Crippen molar-refractivity contribution in [3.05, 3.63) is 111 Å². The summed E-state index contributed by atoms with van der Waals surface area (Å²) in [4.78, 5) is 15.2. The average Bonchev–Trinajstić information content (AvgIpc) is 3.37. The molecule has 0 aromatic heterocycles. The Hall–Kier alpha value is -3.66. The maximum absolute atomic E-state index is 13.6. The van der Waals surface area contributed by atoms with Crippen LogP contribution < -0.4 is 11.1 Å². The lowest BCUT2D eigenvalue weighted by atomic mass is 10.0. The number of halogens is 7. The van der Waals surface area contributed by atoms with Crippen molar-refractivity contribution < 1.29 is 31.1 Å². The van der Waals surface area contributed by atoms with Gasteiger partial charge in [0.1, 0.15) is 5.70 Å². The highest BCUT2D eigenvalue weighted by atomic mass is 35.5. The number of carbonyl (C=O) groups is 1. The molecular formula is C28H24ClF6N3O. The molecule has 1 fully saturated rings. The molecule has 39 heavy (non-hydrogen) atoms. The third-order valence-corrected chi connectivity index (χ3v) is 6.80. The van der Waals surface area contributed by atoms with Gasteiger partial charge in [0.2, 0.25) is 0 Å². The summed E-state index contributed by atoms with van der Waals surface area (Å²) in [7, 11) is 0. The number of amides is 1. The second kappa shape index (κ2) is 11.2. The zero-order chi connectivity index (χ0) is 28.4. The Morgan fingerprint density at radius 2 is 1.51 bits per heavy atom. The van der Waals surface area contributed by atoms with Gasteiger partial charge in [-0.1, -0.05) is 60.1 Å². The SMILES string of the molecule is N/C(C(=O)N1CCCC1c1ccccc1Cl)=C(\NCc1cc(C(F)(F)F)cc(C(F)(F)F)c1)c1ccccc1. The first kappa shape index (κ1) is 28.4. The summed E-state index contributed by atoms with van der Waals surface area (Å²) in [6, 6.07) is 16.4. The highest BCUT2D eigenvalue weighted by Gasteiger charge is 2.37. The van der Waals surface area contributed by atoms with E-state index in [1.165, 1.54) is 0 Å². The number of rotatable bonds is 6. The van der Waals surface area contributed by atoms with Gasteiger partial charge in [-0.25, -0.2) is 0 Å². The van der Waals surface area contributed by atoms with Crippen molar-refractivity contribution >= 4 is 23.2 Å². The number of alkyl halides is 6. The monoisotopic (exact) mass is 567 g/mol.